The zero-order valence-electron chi connectivity index (χ0n) is 11.8. The normalized spacial score (nSPS) is 11.0. The van der Waals surface area contributed by atoms with Crippen molar-refractivity contribution in [1.29, 1.82) is 0 Å². The van der Waals surface area contributed by atoms with E-state index in [4.69, 9.17) is 4.74 Å². The molecule has 0 aliphatic heterocycles. The molecular formula is C16H16Br2FNO. The Morgan fingerprint density at radius 2 is 1.86 bits per heavy atom. The minimum absolute atomic E-state index is 0.300. The maximum Gasteiger partial charge on any atom is 0.141 e. The fraction of sp³-hybridized carbons (Fsp3) is 0.250. The molecule has 0 aliphatic rings. The Kier molecular flexibility index (Phi) is 5.79. The summed E-state index contributed by atoms with van der Waals surface area (Å²) in [5.74, 6) is 0.976. The van der Waals surface area contributed by atoms with E-state index in [0.717, 1.165) is 16.6 Å². The molecule has 5 heteroatoms. The number of nitrogens with one attached hydrogen (secondary N) is 1. The van der Waals surface area contributed by atoms with E-state index in [1.54, 1.807) is 6.07 Å². The van der Waals surface area contributed by atoms with E-state index in [9.17, 15) is 4.39 Å². The van der Waals surface area contributed by atoms with Crippen LogP contribution < -0.4 is 10.1 Å². The molecule has 0 aromatic heterocycles. The first-order valence-electron chi connectivity index (χ1n) is 6.60. The zero-order valence-corrected chi connectivity index (χ0v) is 15.0. The van der Waals surface area contributed by atoms with Gasteiger partial charge in [0.05, 0.1) is 4.47 Å². The summed E-state index contributed by atoms with van der Waals surface area (Å²) in [5, 5.41) is 3.37. The summed E-state index contributed by atoms with van der Waals surface area (Å²) in [6.07, 6.45) is 0. The predicted molar refractivity (Wildman–Crippen MR) is 90.3 cm³/mol. The van der Waals surface area contributed by atoms with E-state index in [0.29, 0.717) is 22.0 Å². The van der Waals surface area contributed by atoms with Gasteiger partial charge in [0.25, 0.3) is 0 Å². The van der Waals surface area contributed by atoms with E-state index in [2.05, 4.69) is 51.0 Å². The molecule has 21 heavy (non-hydrogen) atoms. The molecule has 2 nitrogen and oxygen atoms in total. The second-order valence-corrected chi connectivity index (χ2v) is 6.67. The Balaban J connectivity index is 2.12. The van der Waals surface area contributed by atoms with Crippen LogP contribution in [0.3, 0.4) is 0 Å². The molecule has 0 heterocycles. The van der Waals surface area contributed by atoms with Crippen molar-refractivity contribution in [3.05, 3.63) is 56.7 Å². The van der Waals surface area contributed by atoms with Crippen molar-refractivity contribution in [3.63, 3.8) is 0 Å². The molecule has 2 aromatic rings. The number of halogens is 3. The Hall–Kier alpha value is -0.910. The Bertz CT molecular complexity index is 632. The zero-order chi connectivity index (χ0) is 15.4. The average molecular weight is 417 g/mol. The number of benzene rings is 2. The summed E-state index contributed by atoms with van der Waals surface area (Å²) in [5.41, 5.74) is 1.16. The van der Waals surface area contributed by atoms with E-state index < -0.39 is 0 Å². The first kappa shape index (κ1) is 16.5. The van der Waals surface area contributed by atoms with Gasteiger partial charge >= 0.3 is 0 Å². The number of rotatable bonds is 5. The van der Waals surface area contributed by atoms with E-state index in [1.165, 1.54) is 12.1 Å². The van der Waals surface area contributed by atoms with Crippen molar-refractivity contribution in [2.24, 2.45) is 0 Å². The van der Waals surface area contributed by atoms with Crippen LogP contribution in [0.4, 0.5) is 4.39 Å². The van der Waals surface area contributed by atoms with Crippen molar-refractivity contribution in [1.82, 2.24) is 5.32 Å². The van der Waals surface area contributed by atoms with Crippen LogP contribution in [-0.2, 0) is 6.54 Å². The molecule has 0 bridgehead atoms. The van der Waals surface area contributed by atoms with Gasteiger partial charge in [-0.05, 0) is 51.8 Å². The van der Waals surface area contributed by atoms with Gasteiger partial charge in [0.15, 0.2) is 0 Å². The molecule has 0 saturated carbocycles. The lowest BCUT2D eigenvalue weighted by Gasteiger charge is -2.12. The van der Waals surface area contributed by atoms with Crippen LogP contribution in [0.15, 0.2) is 45.3 Å². The SMILES string of the molecule is CC(C)NCc1ccc(Oc2ccc(F)cc2Br)cc1Br. The van der Waals surface area contributed by atoms with Gasteiger partial charge in [0.2, 0.25) is 0 Å². The van der Waals surface area contributed by atoms with Gasteiger partial charge in [0.1, 0.15) is 17.3 Å². The minimum Gasteiger partial charge on any atom is -0.456 e. The van der Waals surface area contributed by atoms with Crippen LogP contribution in [0.2, 0.25) is 0 Å². The molecule has 0 saturated heterocycles. The van der Waals surface area contributed by atoms with Gasteiger partial charge in [0, 0.05) is 17.1 Å². The molecule has 2 rings (SSSR count). The van der Waals surface area contributed by atoms with Crippen molar-refractivity contribution in [2.75, 3.05) is 0 Å². The van der Waals surface area contributed by atoms with Gasteiger partial charge in [-0.25, -0.2) is 4.39 Å². The quantitative estimate of drug-likeness (QED) is 0.680. The van der Waals surface area contributed by atoms with Gasteiger partial charge in [-0.2, -0.15) is 0 Å². The standard InChI is InChI=1S/C16H16Br2FNO/c1-10(2)20-9-11-3-5-13(8-14(11)17)21-16-6-4-12(19)7-15(16)18/h3-8,10,20H,9H2,1-2H3. The third kappa shape index (κ3) is 4.80. The summed E-state index contributed by atoms with van der Waals surface area (Å²) in [6.45, 7) is 5.01. The highest BCUT2D eigenvalue weighted by atomic mass is 79.9. The summed E-state index contributed by atoms with van der Waals surface area (Å²) in [6, 6.07) is 10.6. The molecule has 0 fully saturated rings. The van der Waals surface area contributed by atoms with Crippen molar-refractivity contribution in [2.45, 2.75) is 26.4 Å². The van der Waals surface area contributed by atoms with Crippen molar-refractivity contribution >= 4 is 31.9 Å². The molecule has 0 aliphatic carbocycles. The number of hydrogen-bond donors (Lipinski definition) is 1. The number of hydrogen-bond acceptors (Lipinski definition) is 2. The Morgan fingerprint density at radius 3 is 2.48 bits per heavy atom. The molecule has 2 aromatic carbocycles. The number of ether oxygens (including phenoxy) is 1. The topological polar surface area (TPSA) is 21.3 Å². The molecule has 1 N–H and O–H groups in total. The van der Waals surface area contributed by atoms with Crippen LogP contribution in [0.1, 0.15) is 19.4 Å². The smallest absolute Gasteiger partial charge is 0.141 e. The van der Waals surface area contributed by atoms with Crippen LogP contribution in [0.5, 0.6) is 11.5 Å². The van der Waals surface area contributed by atoms with Gasteiger partial charge < -0.3 is 10.1 Å². The first-order valence-corrected chi connectivity index (χ1v) is 8.19. The highest BCUT2D eigenvalue weighted by molar-refractivity contribution is 9.10. The first-order chi connectivity index (χ1) is 9.95. The van der Waals surface area contributed by atoms with Gasteiger partial charge in [-0.1, -0.05) is 35.8 Å². The van der Waals surface area contributed by atoms with Gasteiger partial charge in [-0.3, -0.25) is 0 Å². The third-order valence-electron chi connectivity index (χ3n) is 2.85. The Morgan fingerprint density at radius 1 is 1.10 bits per heavy atom. The molecule has 0 radical (unpaired) electrons. The average Bonchev–Trinajstić information content (AvgIpc) is 2.41. The lowest BCUT2D eigenvalue weighted by Crippen LogP contribution is -2.21. The van der Waals surface area contributed by atoms with Crippen LogP contribution in [-0.4, -0.2) is 6.04 Å². The largest absolute Gasteiger partial charge is 0.456 e. The van der Waals surface area contributed by atoms with Crippen molar-refractivity contribution < 1.29 is 9.13 Å². The maximum absolute atomic E-state index is 13.1. The summed E-state index contributed by atoms with van der Waals surface area (Å²) in [4.78, 5) is 0. The lowest BCUT2D eigenvalue weighted by atomic mass is 10.2. The van der Waals surface area contributed by atoms with Crippen molar-refractivity contribution in [3.8, 4) is 11.5 Å². The summed E-state index contributed by atoms with van der Waals surface area (Å²) >= 11 is 6.84. The third-order valence-corrected chi connectivity index (χ3v) is 4.20. The van der Waals surface area contributed by atoms with E-state index in [-0.39, 0.29) is 5.82 Å². The van der Waals surface area contributed by atoms with Gasteiger partial charge in [-0.15, -0.1) is 0 Å². The summed E-state index contributed by atoms with van der Waals surface area (Å²) < 4.78 is 20.4. The molecular weight excluding hydrogens is 401 g/mol. The van der Waals surface area contributed by atoms with Crippen LogP contribution in [0, 0.1) is 5.82 Å². The fourth-order valence-corrected chi connectivity index (χ4v) is 2.66. The van der Waals surface area contributed by atoms with E-state index >= 15 is 0 Å². The Labute approximate surface area is 141 Å². The predicted octanol–water partition coefficient (Wildman–Crippen LogP) is 5.64. The summed E-state index contributed by atoms with van der Waals surface area (Å²) in [7, 11) is 0. The second-order valence-electron chi connectivity index (χ2n) is 4.97. The molecule has 0 amide bonds. The molecule has 0 unspecified atom stereocenters. The van der Waals surface area contributed by atoms with Crippen LogP contribution in [0.25, 0.3) is 0 Å². The second kappa shape index (κ2) is 7.38. The minimum atomic E-state index is -0.300. The van der Waals surface area contributed by atoms with Crippen LogP contribution >= 0.6 is 31.9 Å². The monoisotopic (exact) mass is 415 g/mol. The molecule has 0 atom stereocenters. The fourth-order valence-electron chi connectivity index (χ4n) is 1.73. The molecule has 0 spiro atoms. The highest BCUT2D eigenvalue weighted by Crippen LogP contribution is 2.32. The lowest BCUT2D eigenvalue weighted by molar-refractivity contribution is 0.476. The highest BCUT2D eigenvalue weighted by Gasteiger charge is 2.07. The maximum atomic E-state index is 13.1. The molecule has 112 valence electrons. The van der Waals surface area contributed by atoms with E-state index in [1.807, 2.05) is 18.2 Å².